The molecule has 2 aliphatic carbocycles. The predicted molar refractivity (Wildman–Crippen MR) is 113 cm³/mol. The van der Waals surface area contributed by atoms with Gasteiger partial charge in [-0.2, -0.15) is 9.78 Å². The monoisotopic (exact) mass is 409 g/mol. The molecule has 150 valence electrons. The number of thiophene rings is 1. The molecule has 5 rings (SSSR count). The molecule has 3 aromatic rings. The quantitative estimate of drug-likeness (QED) is 0.687. The zero-order valence-corrected chi connectivity index (χ0v) is 16.9. The Morgan fingerprint density at radius 2 is 2.03 bits per heavy atom. The second kappa shape index (κ2) is 7.59. The summed E-state index contributed by atoms with van der Waals surface area (Å²) >= 11 is 1.58. The van der Waals surface area contributed by atoms with Crippen LogP contribution < -0.4 is 10.9 Å². The van der Waals surface area contributed by atoms with Crippen molar-refractivity contribution in [3.63, 3.8) is 0 Å². The fraction of sp³-hybridized carbons (Fsp3) is 0.429. The van der Waals surface area contributed by atoms with Gasteiger partial charge in [-0.25, -0.2) is 4.98 Å². The van der Waals surface area contributed by atoms with Crippen LogP contribution in [0, 0.1) is 5.92 Å². The summed E-state index contributed by atoms with van der Waals surface area (Å²) in [4.78, 5) is 33.9. The lowest BCUT2D eigenvalue weighted by Gasteiger charge is -2.16. The second-order valence-electron chi connectivity index (χ2n) is 7.80. The van der Waals surface area contributed by atoms with E-state index in [0.29, 0.717) is 11.8 Å². The van der Waals surface area contributed by atoms with Crippen molar-refractivity contribution in [3.05, 3.63) is 45.2 Å². The smallest absolute Gasteiger partial charge is 0.255 e. The molecule has 7 nitrogen and oxygen atoms in total. The number of fused-ring (bicyclic) bond motifs is 1. The highest BCUT2D eigenvalue weighted by atomic mass is 32.1. The summed E-state index contributed by atoms with van der Waals surface area (Å²) < 4.78 is 1.57. The summed E-state index contributed by atoms with van der Waals surface area (Å²) in [5, 5.41) is 9.70. The van der Waals surface area contributed by atoms with Crippen molar-refractivity contribution in [2.45, 2.75) is 51.4 Å². The van der Waals surface area contributed by atoms with E-state index < -0.39 is 0 Å². The van der Waals surface area contributed by atoms with E-state index in [1.54, 1.807) is 16.0 Å². The van der Waals surface area contributed by atoms with E-state index in [0.717, 1.165) is 73.2 Å². The number of rotatable bonds is 4. The molecule has 1 amide bonds. The van der Waals surface area contributed by atoms with Crippen LogP contribution in [0.4, 0.5) is 5.82 Å². The highest BCUT2D eigenvalue weighted by molar-refractivity contribution is 7.13. The van der Waals surface area contributed by atoms with Gasteiger partial charge in [0.05, 0.1) is 10.6 Å². The lowest BCUT2D eigenvalue weighted by Crippen LogP contribution is -2.26. The van der Waals surface area contributed by atoms with Crippen molar-refractivity contribution in [2.24, 2.45) is 5.92 Å². The third-order valence-electron chi connectivity index (χ3n) is 5.84. The maximum atomic E-state index is 12.8. The molecule has 3 heterocycles. The van der Waals surface area contributed by atoms with Gasteiger partial charge >= 0.3 is 0 Å². The normalized spacial score (nSPS) is 16.7. The van der Waals surface area contributed by atoms with Crippen LogP contribution >= 0.6 is 11.3 Å². The van der Waals surface area contributed by atoms with Gasteiger partial charge in [-0.15, -0.1) is 11.3 Å². The first-order chi connectivity index (χ1) is 14.2. The topological polar surface area (TPSA) is 92.7 Å². The fourth-order valence-corrected chi connectivity index (χ4v) is 4.96. The second-order valence-corrected chi connectivity index (χ2v) is 8.74. The van der Waals surface area contributed by atoms with Crippen molar-refractivity contribution < 1.29 is 4.79 Å². The number of nitrogens with one attached hydrogen (secondary N) is 2. The number of nitrogens with zero attached hydrogens (tertiary/aromatic N) is 3. The van der Waals surface area contributed by atoms with Crippen molar-refractivity contribution >= 4 is 23.1 Å². The highest BCUT2D eigenvalue weighted by Gasteiger charge is 2.25. The Labute approximate surface area is 172 Å². The summed E-state index contributed by atoms with van der Waals surface area (Å²) in [6.07, 6.45) is 7.65. The van der Waals surface area contributed by atoms with Gasteiger partial charge in [0.1, 0.15) is 11.5 Å². The van der Waals surface area contributed by atoms with Gasteiger partial charge in [-0.1, -0.05) is 18.9 Å². The average molecular weight is 410 g/mol. The minimum Gasteiger partial charge on any atom is -0.310 e. The van der Waals surface area contributed by atoms with Gasteiger partial charge in [0.15, 0.2) is 0 Å². The van der Waals surface area contributed by atoms with Gasteiger partial charge in [-0.05, 0) is 50.0 Å². The number of aromatic amines is 1. The van der Waals surface area contributed by atoms with Crippen molar-refractivity contribution in [3.8, 4) is 16.5 Å². The molecule has 0 atom stereocenters. The molecule has 0 saturated heterocycles. The van der Waals surface area contributed by atoms with Crippen LogP contribution in [0.1, 0.15) is 49.8 Å². The maximum absolute atomic E-state index is 12.8. The number of amides is 1. The Balaban J connectivity index is 1.56. The van der Waals surface area contributed by atoms with Crippen LogP contribution in [0.2, 0.25) is 0 Å². The number of H-pyrrole nitrogens is 1. The molecular formula is C21H23N5O2S. The van der Waals surface area contributed by atoms with Crippen molar-refractivity contribution in [1.82, 2.24) is 19.7 Å². The molecule has 2 aliphatic rings. The number of aryl methyl sites for hydroxylation is 1. The Morgan fingerprint density at radius 1 is 1.21 bits per heavy atom. The molecule has 0 aromatic carbocycles. The van der Waals surface area contributed by atoms with Gasteiger partial charge in [-0.3, -0.25) is 14.6 Å². The third-order valence-corrected chi connectivity index (χ3v) is 6.73. The van der Waals surface area contributed by atoms with Crippen molar-refractivity contribution in [1.29, 1.82) is 0 Å². The third kappa shape index (κ3) is 3.53. The molecule has 1 saturated carbocycles. The SMILES string of the molecule is O=C(Nc1cc(-c2cccs2)nn1-c1nc2c(c(=O)[nH]1)CCCC2)C1CCCC1. The number of carbonyl (C=O) groups excluding carboxylic acids is 1. The number of hydrogen-bond acceptors (Lipinski definition) is 5. The molecule has 1 fully saturated rings. The lowest BCUT2D eigenvalue weighted by atomic mass is 9.97. The predicted octanol–water partition coefficient (Wildman–Crippen LogP) is 3.69. The molecule has 8 heteroatoms. The van der Waals surface area contributed by atoms with E-state index >= 15 is 0 Å². The molecule has 3 aromatic heterocycles. The first kappa shape index (κ1) is 18.3. The zero-order chi connectivity index (χ0) is 19.8. The number of aromatic nitrogens is 4. The largest absolute Gasteiger partial charge is 0.310 e. The van der Waals surface area contributed by atoms with E-state index in [4.69, 9.17) is 4.98 Å². The Kier molecular flexibility index (Phi) is 4.79. The van der Waals surface area contributed by atoms with E-state index in [1.807, 2.05) is 23.6 Å². The van der Waals surface area contributed by atoms with E-state index in [-0.39, 0.29) is 17.4 Å². The first-order valence-electron chi connectivity index (χ1n) is 10.3. The molecular weight excluding hydrogens is 386 g/mol. The van der Waals surface area contributed by atoms with Crippen LogP contribution in [0.3, 0.4) is 0 Å². The molecule has 0 spiro atoms. The minimum atomic E-state index is -0.106. The van der Waals surface area contributed by atoms with Crippen LogP contribution in [0.15, 0.2) is 28.4 Å². The summed E-state index contributed by atoms with van der Waals surface area (Å²) in [6, 6.07) is 5.82. The maximum Gasteiger partial charge on any atom is 0.255 e. The molecule has 29 heavy (non-hydrogen) atoms. The van der Waals surface area contributed by atoms with Crippen LogP contribution in [-0.2, 0) is 17.6 Å². The fourth-order valence-electron chi connectivity index (χ4n) is 4.28. The Morgan fingerprint density at radius 3 is 2.83 bits per heavy atom. The molecule has 0 bridgehead atoms. The van der Waals surface area contributed by atoms with E-state index in [1.165, 1.54) is 0 Å². The Bertz CT molecular complexity index is 1090. The Hall–Kier alpha value is -2.74. The zero-order valence-electron chi connectivity index (χ0n) is 16.1. The van der Waals surface area contributed by atoms with Crippen LogP contribution in [-0.4, -0.2) is 25.7 Å². The first-order valence-corrected chi connectivity index (χ1v) is 11.1. The summed E-state index contributed by atoms with van der Waals surface area (Å²) in [6.45, 7) is 0. The van der Waals surface area contributed by atoms with E-state index in [9.17, 15) is 9.59 Å². The van der Waals surface area contributed by atoms with Crippen LogP contribution in [0.5, 0.6) is 0 Å². The number of hydrogen-bond donors (Lipinski definition) is 2. The van der Waals surface area contributed by atoms with E-state index in [2.05, 4.69) is 15.4 Å². The number of anilines is 1. The summed E-state index contributed by atoms with van der Waals surface area (Å²) in [5.74, 6) is 0.963. The molecule has 0 unspecified atom stereocenters. The van der Waals surface area contributed by atoms with Crippen molar-refractivity contribution in [2.75, 3.05) is 5.32 Å². The average Bonchev–Trinajstić information content (AvgIpc) is 3.48. The van der Waals surface area contributed by atoms with Gasteiger partial charge in [0, 0.05) is 17.5 Å². The molecule has 0 radical (unpaired) electrons. The summed E-state index contributed by atoms with van der Waals surface area (Å²) in [5.41, 5.74) is 2.27. The van der Waals surface area contributed by atoms with Gasteiger partial charge in [0.25, 0.3) is 5.56 Å². The standard InChI is InChI=1S/C21H23N5O2S/c27-19(13-6-1-2-7-13)23-18-12-16(17-10-5-11-29-17)25-26(18)21-22-15-9-4-3-8-14(15)20(28)24-21/h5,10-13H,1-4,6-9H2,(H,23,27)(H,22,24,28). The van der Waals surface area contributed by atoms with Gasteiger partial charge in [0.2, 0.25) is 11.9 Å². The minimum absolute atomic E-state index is 0.0155. The molecule has 0 aliphatic heterocycles. The summed E-state index contributed by atoms with van der Waals surface area (Å²) in [7, 11) is 0. The van der Waals surface area contributed by atoms with Crippen LogP contribution in [0.25, 0.3) is 16.5 Å². The molecule has 2 N–H and O–H groups in total. The highest BCUT2D eigenvalue weighted by Crippen LogP contribution is 2.30. The van der Waals surface area contributed by atoms with Gasteiger partial charge < -0.3 is 5.32 Å². The lowest BCUT2D eigenvalue weighted by molar-refractivity contribution is -0.119. The number of carbonyl (C=O) groups is 1.